The lowest BCUT2D eigenvalue weighted by Gasteiger charge is -2.02. The van der Waals surface area contributed by atoms with Crippen LogP contribution >= 0.6 is 11.3 Å². The van der Waals surface area contributed by atoms with Gasteiger partial charge < -0.3 is 15.0 Å². The van der Waals surface area contributed by atoms with Gasteiger partial charge in [-0.1, -0.05) is 41.7 Å². The van der Waals surface area contributed by atoms with Gasteiger partial charge in [-0.15, -0.1) is 0 Å². The monoisotopic (exact) mass is 390 g/mol. The number of aromatic carboxylic acids is 1. The van der Waals surface area contributed by atoms with E-state index in [1.807, 2.05) is 37.3 Å². The molecule has 0 amide bonds. The quantitative estimate of drug-likeness (QED) is 0.745. The van der Waals surface area contributed by atoms with Crippen LogP contribution in [-0.2, 0) is 7.05 Å². The summed E-state index contributed by atoms with van der Waals surface area (Å²) in [4.78, 5) is 21.3. The first-order chi connectivity index (χ1) is 13.4. The summed E-state index contributed by atoms with van der Waals surface area (Å²) < 4.78 is 1.57. The lowest BCUT2D eigenvalue weighted by Crippen LogP contribution is -2.21. The van der Waals surface area contributed by atoms with Crippen molar-refractivity contribution < 1.29 is 15.0 Å². The molecule has 0 atom stereocenters. The molecule has 1 aliphatic heterocycles. The molecule has 0 spiro atoms. The van der Waals surface area contributed by atoms with Crippen molar-refractivity contribution in [1.82, 2.24) is 4.57 Å². The maximum Gasteiger partial charge on any atom is 0.210 e. The van der Waals surface area contributed by atoms with E-state index >= 15 is 0 Å². The average molecular weight is 390 g/mol. The molecular formula is C21H16N3O3S-. The van der Waals surface area contributed by atoms with Crippen molar-refractivity contribution in [2.24, 2.45) is 17.0 Å². The number of hydrogen-bond donors (Lipinski definition) is 1. The molecule has 0 radical (unpaired) electrons. The van der Waals surface area contributed by atoms with E-state index in [1.165, 1.54) is 23.5 Å². The Balaban J connectivity index is 1.80. The third-order valence-corrected chi connectivity index (χ3v) is 5.55. The van der Waals surface area contributed by atoms with Gasteiger partial charge in [0, 0.05) is 23.9 Å². The highest BCUT2D eigenvalue weighted by molar-refractivity contribution is 7.10. The van der Waals surface area contributed by atoms with Crippen LogP contribution in [0.5, 0.6) is 5.88 Å². The molecule has 2 heterocycles. The number of fused-ring (bicyclic) bond motifs is 1. The predicted octanol–water partition coefficient (Wildman–Crippen LogP) is 3.03. The molecule has 2 aromatic carbocycles. The highest BCUT2D eigenvalue weighted by Gasteiger charge is 2.18. The Morgan fingerprint density at radius 1 is 1.25 bits per heavy atom. The van der Waals surface area contributed by atoms with Gasteiger partial charge in [-0.3, -0.25) is 9.56 Å². The first-order valence-corrected chi connectivity index (χ1v) is 9.37. The molecule has 6 nitrogen and oxygen atoms in total. The number of carboxylic acids is 1. The summed E-state index contributed by atoms with van der Waals surface area (Å²) in [5, 5.41) is 21.6. The van der Waals surface area contributed by atoms with Gasteiger partial charge in [0.15, 0.2) is 4.80 Å². The number of carbonyl (C=O) groups excluding carboxylic acids is 1. The van der Waals surface area contributed by atoms with Crippen LogP contribution in [0.15, 0.2) is 58.5 Å². The van der Waals surface area contributed by atoms with Crippen molar-refractivity contribution >= 4 is 46.0 Å². The molecule has 1 N–H and O–H groups in total. The highest BCUT2D eigenvalue weighted by atomic mass is 32.1. The maximum atomic E-state index is 11.0. The predicted molar refractivity (Wildman–Crippen MR) is 108 cm³/mol. The summed E-state index contributed by atoms with van der Waals surface area (Å²) in [7, 11) is 1.71. The number of carboxylic acid groups (broad SMARTS) is 1. The van der Waals surface area contributed by atoms with Crippen molar-refractivity contribution in [1.29, 1.82) is 0 Å². The minimum Gasteiger partial charge on any atom is -0.545 e. The van der Waals surface area contributed by atoms with Crippen LogP contribution in [0.2, 0.25) is 0 Å². The van der Waals surface area contributed by atoms with Crippen molar-refractivity contribution in [2.75, 3.05) is 0 Å². The van der Waals surface area contributed by atoms with Crippen LogP contribution in [0.4, 0.5) is 11.4 Å². The van der Waals surface area contributed by atoms with Crippen LogP contribution in [0.3, 0.4) is 0 Å². The summed E-state index contributed by atoms with van der Waals surface area (Å²) in [5.74, 6) is -1.17. The fourth-order valence-electron chi connectivity index (χ4n) is 3.02. The lowest BCUT2D eigenvalue weighted by molar-refractivity contribution is -0.255. The van der Waals surface area contributed by atoms with E-state index in [2.05, 4.69) is 9.98 Å². The first kappa shape index (κ1) is 17.9. The zero-order valence-electron chi connectivity index (χ0n) is 15.2. The smallest absolute Gasteiger partial charge is 0.210 e. The van der Waals surface area contributed by atoms with Crippen LogP contribution in [0, 0.1) is 0 Å². The van der Waals surface area contributed by atoms with Crippen LogP contribution in [-0.4, -0.2) is 21.4 Å². The fourth-order valence-corrected chi connectivity index (χ4v) is 4.00. The Kier molecular flexibility index (Phi) is 4.44. The number of allylic oxidation sites excluding steroid dienone is 1. The first-order valence-electron chi connectivity index (χ1n) is 8.56. The molecule has 0 aliphatic carbocycles. The van der Waals surface area contributed by atoms with Gasteiger partial charge in [0.1, 0.15) is 0 Å². The molecule has 0 unspecified atom stereocenters. The van der Waals surface area contributed by atoms with Gasteiger partial charge in [0.05, 0.1) is 22.2 Å². The second kappa shape index (κ2) is 6.94. The second-order valence-electron chi connectivity index (χ2n) is 6.35. The molecule has 1 aromatic heterocycles. The van der Waals surface area contributed by atoms with Gasteiger partial charge in [-0.2, -0.15) is 0 Å². The number of para-hydroxylation sites is 1. The van der Waals surface area contributed by atoms with Gasteiger partial charge in [-0.25, -0.2) is 4.99 Å². The normalized spacial score (nSPS) is 15.0. The van der Waals surface area contributed by atoms with Crippen LogP contribution in [0.1, 0.15) is 27.7 Å². The number of rotatable bonds is 3. The number of aliphatic imine (C=N–C) groups is 1. The third-order valence-electron chi connectivity index (χ3n) is 4.48. The zero-order chi connectivity index (χ0) is 19.8. The molecule has 7 heteroatoms. The van der Waals surface area contributed by atoms with Gasteiger partial charge >= 0.3 is 0 Å². The topological polar surface area (TPSA) is 90.0 Å². The van der Waals surface area contributed by atoms with Gasteiger partial charge in [-0.05, 0) is 36.8 Å². The molecule has 0 fully saturated rings. The number of thiazole rings is 1. The number of aromatic hydroxyl groups is 1. The van der Waals surface area contributed by atoms with E-state index in [4.69, 9.17) is 0 Å². The standard InChI is InChI=1S/C21H17N3O3S/c1-12-16(15-8-3-4-9-17(15)22-12)11-18-19(25)24(2)21(28-18)23-14-7-5-6-13(10-14)20(26)27/h3-11,25H,1-2H3,(H,26,27)/p-1/b16-11+,23-21?. The fraction of sp³-hybridized carbons (Fsp3) is 0.0952. The number of aromatic nitrogens is 1. The van der Waals surface area contributed by atoms with E-state index in [0.717, 1.165) is 22.5 Å². The van der Waals surface area contributed by atoms with Crippen molar-refractivity contribution in [3.63, 3.8) is 0 Å². The Morgan fingerprint density at radius 3 is 2.82 bits per heavy atom. The number of carbonyl (C=O) groups is 1. The van der Waals surface area contributed by atoms with E-state index in [1.54, 1.807) is 23.7 Å². The molecule has 28 heavy (non-hydrogen) atoms. The van der Waals surface area contributed by atoms with Crippen molar-refractivity contribution in [3.8, 4) is 5.88 Å². The maximum absolute atomic E-state index is 11.0. The van der Waals surface area contributed by atoms with Crippen molar-refractivity contribution in [2.45, 2.75) is 6.92 Å². The highest BCUT2D eigenvalue weighted by Crippen LogP contribution is 2.37. The SMILES string of the molecule is CC1=Nc2ccccc2/C1=C/c1sc(=Nc2cccc(C(=O)[O-])c2)n(C)c1O. The number of benzene rings is 2. The minimum atomic E-state index is -1.25. The van der Waals surface area contributed by atoms with Crippen molar-refractivity contribution in [3.05, 3.63) is 69.3 Å². The Labute approximate surface area is 165 Å². The minimum absolute atomic E-state index is 0.0569. The zero-order valence-corrected chi connectivity index (χ0v) is 16.0. The summed E-state index contributed by atoms with van der Waals surface area (Å²) in [6.45, 7) is 1.94. The lowest BCUT2D eigenvalue weighted by atomic mass is 10.0. The molecular weight excluding hydrogens is 374 g/mol. The molecule has 3 aromatic rings. The Hall–Kier alpha value is -3.45. The van der Waals surface area contributed by atoms with E-state index in [9.17, 15) is 15.0 Å². The van der Waals surface area contributed by atoms with Crippen LogP contribution in [0.25, 0.3) is 11.6 Å². The van der Waals surface area contributed by atoms with E-state index in [-0.39, 0.29) is 11.4 Å². The number of hydrogen-bond acceptors (Lipinski definition) is 6. The molecule has 0 bridgehead atoms. The average Bonchev–Trinajstić information content (AvgIpc) is 3.13. The third kappa shape index (κ3) is 3.16. The summed E-state index contributed by atoms with van der Waals surface area (Å²) >= 11 is 1.31. The molecule has 4 rings (SSSR count). The van der Waals surface area contributed by atoms with Crippen LogP contribution < -0.4 is 9.91 Å². The molecule has 140 valence electrons. The Bertz CT molecular complexity index is 1230. The molecule has 0 saturated heterocycles. The van der Waals surface area contributed by atoms with E-state index in [0.29, 0.717) is 15.4 Å². The number of nitrogens with zero attached hydrogens (tertiary/aromatic N) is 3. The van der Waals surface area contributed by atoms with Gasteiger partial charge in [0.25, 0.3) is 0 Å². The summed E-state index contributed by atoms with van der Waals surface area (Å²) in [6, 6.07) is 14.1. The molecule has 0 saturated carbocycles. The van der Waals surface area contributed by atoms with Gasteiger partial charge in [0.2, 0.25) is 5.88 Å². The summed E-state index contributed by atoms with van der Waals surface area (Å²) in [5.41, 5.74) is 4.31. The largest absolute Gasteiger partial charge is 0.545 e. The second-order valence-corrected chi connectivity index (χ2v) is 7.36. The molecule has 1 aliphatic rings. The summed E-state index contributed by atoms with van der Waals surface area (Å²) in [6.07, 6.45) is 1.90. The Morgan fingerprint density at radius 2 is 2.04 bits per heavy atom. The van der Waals surface area contributed by atoms with E-state index < -0.39 is 5.97 Å².